The van der Waals surface area contributed by atoms with Gasteiger partial charge in [0, 0.05) is 11.8 Å². The smallest absolute Gasteiger partial charge is 0.253 e. The van der Waals surface area contributed by atoms with E-state index in [4.69, 9.17) is 5.26 Å². The summed E-state index contributed by atoms with van der Waals surface area (Å²) in [6, 6.07) is 1.79. The average Bonchev–Trinajstić information content (AvgIpc) is 2.12. The number of allylic oxidation sites excluding steroid dienone is 2. The first-order chi connectivity index (χ1) is 6.55. The number of hydrogen-bond acceptors (Lipinski definition) is 5. The molecule has 0 aliphatic heterocycles. The number of nitrogens with zero attached hydrogens (tertiary/aromatic N) is 1. The number of hydrogen-bond donors (Lipinski definition) is 1. The van der Waals surface area contributed by atoms with Crippen LogP contribution in [0.2, 0.25) is 0 Å². The summed E-state index contributed by atoms with van der Waals surface area (Å²) in [6.07, 6.45) is 2.21. The Morgan fingerprint density at radius 1 is 1.57 bits per heavy atom. The molecule has 0 atom stereocenters. The van der Waals surface area contributed by atoms with Gasteiger partial charge in [0.2, 0.25) is 0 Å². The highest BCUT2D eigenvalue weighted by molar-refractivity contribution is 7.86. The zero-order chi connectivity index (χ0) is 11.0. The van der Waals surface area contributed by atoms with Gasteiger partial charge in [-0.05, 0) is 12.8 Å². The van der Waals surface area contributed by atoms with Gasteiger partial charge < -0.3 is 0 Å². The van der Waals surface area contributed by atoms with E-state index < -0.39 is 10.1 Å². The number of nitriles is 1. The van der Waals surface area contributed by atoms with Gasteiger partial charge in [0.15, 0.2) is 0 Å². The van der Waals surface area contributed by atoms with Crippen molar-refractivity contribution < 1.29 is 12.7 Å². The molecule has 0 aliphatic rings. The van der Waals surface area contributed by atoms with Crippen molar-refractivity contribution in [2.24, 2.45) is 0 Å². The molecule has 0 aliphatic carbocycles. The van der Waals surface area contributed by atoms with Crippen molar-refractivity contribution in [2.75, 3.05) is 5.75 Å². The van der Waals surface area contributed by atoms with E-state index in [1.807, 2.05) is 0 Å². The molecule has 0 bridgehead atoms. The zero-order valence-corrected chi connectivity index (χ0v) is 9.10. The van der Waals surface area contributed by atoms with Gasteiger partial charge in [-0.2, -0.15) is 18.0 Å². The minimum atomic E-state index is -3.52. The Hall–Kier alpha value is -1.06. The van der Waals surface area contributed by atoms with Gasteiger partial charge in [0.05, 0.1) is 11.8 Å². The van der Waals surface area contributed by atoms with Crippen molar-refractivity contribution in [2.45, 2.75) is 26.7 Å². The van der Waals surface area contributed by atoms with E-state index in [1.165, 1.54) is 6.08 Å². The van der Waals surface area contributed by atoms with Crippen LogP contribution in [0, 0.1) is 11.3 Å². The largest absolute Gasteiger partial charge is 0.287 e. The molecule has 0 aromatic heterocycles. The maximum absolute atomic E-state index is 11.1. The predicted molar refractivity (Wildman–Crippen MR) is 52.3 cm³/mol. The van der Waals surface area contributed by atoms with E-state index in [1.54, 1.807) is 19.9 Å². The summed E-state index contributed by atoms with van der Waals surface area (Å²) in [6.45, 7) is 3.53. The van der Waals surface area contributed by atoms with Crippen LogP contribution >= 0.6 is 0 Å². The highest BCUT2D eigenvalue weighted by atomic mass is 32.2. The quantitative estimate of drug-likeness (QED) is 0.532. The van der Waals surface area contributed by atoms with E-state index in [9.17, 15) is 8.42 Å². The van der Waals surface area contributed by atoms with E-state index in [-0.39, 0.29) is 5.75 Å². The third kappa shape index (κ3) is 5.56. The van der Waals surface area contributed by atoms with Crippen molar-refractivity contribution in [1.29, 1.82) is 5.26 Å². The van der Waals surface area contributed by atoms with Crippen LogP contribution in [0.1, 0.15) is 26.7 Å². The van der Waals surface area contributed by atoms with Gasteiger partial charge in [0.25, 0.3) is 10.1 Å². The van der Waals surface area contributed by atoms with E-state index in [0.29, 0.717) is 18.5 Å². The van der Waals surface area contributed by atoms with Crippen LogP contribution in [0.25, 0.3) is 0 Å². The molecular weight excluding hydrogens is 204 g/mol. The van der Waals surface area contributed by atoms with Crippen molar-refractivity contribution in [1.82, 2.24) is 5.48 Å². The van der Waals surface area contributed by atoms with Crippen LogP contribution < -0.4 is 5.48 Å². The number of nitrogens with one attached hydrogen (secondary N) is 1. The lowest BCUT2D eigenvalue weighted by Gasteiger charge is -2.07. The Kier molecular flexibility index (Phi) is 5.92. The highest BCUT2D eigenvalue weighted by Crippen LogP contribution is 1.99. The molecule has 0 radical (unpaired) electrons. The zero-order valence-electron chi connectivity index (χ0n) is 8.28. The van der Waals surface area contributed by atoms with Crippen LogP contribution in [-0.2, 0) is 14.4 Å². The molecule has 0 unspecified atom stereocenters. The first-order valence-electron chi connectivity index (χ1n) is 4.31. The topological polar surface area (TPSA) is 79.2 Å². The van der Waals surface area contributed by atoms with Gasteiger partial charge in [-0.1, -0.05) is 13.8 Å². The number of rotatable bonds is 6. The Morgan fingerprint density at radius 3 is 2.64 bits per heavy atom. The Bertz CT molecular complexity index is 327. The summed E-state index contributed by atoms with van der Waals surface area (Å²) in [4.78, 5) is 0. The molecule has 6 heteroatoms. The maximum Gasteiger partial charge on any atom is 0.287 e. The highest BCUT2D eigenvalue weighted by Gasteiger charge is 2.09. The molecule has 14 heavy (non-hydrogen) atoms. The first-order valence-corrected chi connectivity index (χ1v) is 5.89. The molecule has 0 aromatic rings. The van der Waals surface area contributed by atoms with Crippen molar-refractivity contribution in [3.8, 4) is 6.07 Å². The van der Waals surface area contributed by atoms with E-state index in [0.717, 1.165) is 0 Å². The first kappa shape index (κ1) is 12.9. The normalized spacial score (nSPS) is 12.2. The molecule has 0 aromatic carbocycles. The van der Waals surface area contributed by atoms with Crippen LogP contribution in [0.5, 0.6) is 0 Å². The second-order valence-electron chi connectivity index (χ2n) is 2.60. The molecule has 80 valence electrons. The molecule has 1 N–H and O–H groups in total. The number of hydroxylamine groups is 1. The van der Waals surface area contributed by atoms with E-state index in [2.05, 4.69) is 9.76 Å². The molecule has 0 saturated carbocycles. The minimum absolute atomic E-state index is 0.0381. The summed E-state index contributed by atoms with van der Waals surface area (Å²) in [7, 11) is -3.52. The Labute approximate surface area is 84.4 Å². The fourth-order valence-corrected chi connectivity index (χ4v) is 1.51. The third-order valence-electron chi connectivity index (χ3n) is 1.37. The van der Waals surface area contributed by atoms with Gasteiger partial charge in [-0.25, -0.2) is 0 Å². The molecule has 0 amide bonds. The molecule has 0 heterocycles. The second kappa shape index (κ2) is 6.40. The second-order valence-corrected chi connectivity index (χ2v) is 4.29. The summed E-state index contributed by atoms with van der Waals surface area (Å²) < 4.78 is 26.6. The van der Waals surface area contributed by atoms with Crippen molar-refractivity contribution >= 4 is 10.1 Å². The Morgan fingerprint density at radius 2 is 2.21 bits per heavy atom. The minimum Gasteiger partial charge on any atom is -0.253 e. The monoisotopic (exact) mass is 218 g/mol. The molecule has 0 fully saturated rings. The fraction of sp³-hybridized carbons (Fsp3) is 0.625. The van der Waals surface area contributed by atoms with Gasteiger partial charge in [-0.3, -0.25) is 5.48 Å². The summed E-state index contributed by atoms with van der Waals surface area (Å²) in [5.41, 5.74) is 2.68. The molecule has 0 saturated heterocycles. The predicted octanol–water partition coefficient (Wildman–Crippen LogP) is 1.06. The standard InChI is InChI=1S/C8H14N2O3S/c1-3-7-14(11,12)13-10-8(4-2)5-6-9/h5,10H,3-4,7H2,1-2H3. The van der Waals surface area contributed by atoms with Gasteiger partial charge >= 0.3 is 0 Å². The maximum atomic E-state index is 11.1. The molecule has 0 rings (SSSR count). The summed E-state index contributed by atoms with van der Waals surface area (Å²) in [5.74, 6) is -0.0381. The lowest BCUT2D eigenvalue weighted by Crippen LogP contribution is -2.21. The molecule has 5 nitrogen and oxygen atoms in total. The summed E-state index contributed by atoms with van der Waals surface area (Å²) >= 11 is 0. The fourth-order valence-electron chi connectivity index (χ4n) is 0.690. The molecule has 0 spiro atoms. The third-order valence-corrected chi connectivity index (χ3v) is 2.62. The van der Waals surface area contributed by atoms with Crippen LogP contribution in [0.4, 0.5) is 0 Å². The van der Waals surface area contributed by atoms with Gasteiger partial charge in [0.1, 0.15) is 0 Å². The lowest BCUT2D eigenvalue weighted by atomic mass is 10.3. The van der Waals surface area contributed by atoms with Crippen LogP contribution in [-0.4, -0.2) is 14.2 Å². The Balaban J connectivity index is 4.18. The van der Waals surface area contributed by atoms with Gasteiger partial charge in [-0.15, -0.1) is 0 Å². The van der Waals surface area contributed by atoms with Crippen molar-refractivity contribution in [3.05, 3.63) is 11.8 Å². The van der Waals surface area contributed by atoms with E-state index >= 15 is 0 Å². The summed E-state index contributed by atoms with van der Waals surface area (Å²) in [5, 5.41) is 8.33. The SMILES string of the molecule is CCCS(=O)(=O)ONC(=CC#N)CC. The lowest BCUT2D eigenvalue weighted by molar-refractivity contribution is 0.233. The molecular formula is C8H14N2O3S. The van der Waals surface area contributed by atoms with Crippen LogP contribution in [0.3, 0.4) is 0 Å². The van der Waals surface area contributed by atoms with Crippen LogP contribution in [0.15, 0.2) is 11.8 Å². The van der Waals surface area contributed by atoms with Crippen molar-refractivity contribution in [3.63, 3.8) is 0 Å². The average molecular weight is 218 g/mol.